The van der Waals surface area contributed by atoms with Crippen molar-refractivity contribution in [1.82, 2.24) is 0 Å². The number of benzene rings is 1. The average Bonchev–Trinajstić information content (AvgIpc) is 3.15. The Morgan fingerprint density at radius 3 is 2.12 bits per heavy atom. The summed E-state index contributed by atoms with van der Waals surface area (Å²) in [6, 6.07) is 8.79. The van der Waals surface area contributed by atoms with E-state index in [0.717, 1.165) is 67.3 Å². The third-order valence-corrected chi connectivity index (χ3v) is 9.29. The second kappa shape index (κ2) is 8.22. The van der Waals surface area contributed by atoms with E-state index in [1.165, 1.54) is 37.7 Å². The van der Waals surface area contributed by atoms with Crippen LogP contribution in [0.2, 0.25) is 0 Å². The molecule has 4 bridgehead atoms. The maximum atomic E-state index is 6.87. The average molecular weight is 457 g/mol. The van der Waals surface area contributed by atoms with E-state index in [2.05, 4.69) is 45.4 Å². The molecule has 182 valence electrons. The summed E-state index contributed by atoms with van der Waals surface area (Å²) >= 11 is 0. The van der Waals surface area contributed by atoms with Crippen LogP contribution in [0.25, 0.3) is 0 Å². The maximum Gasteiger partial charge on any atom is 0.210 e. The fourth-order valence-electron chi connectivity index (χ4n) is 7.75. The molecule has 5 heteroatoms. The van der Waals surface area contributed by atoms with Crippen LogP contribution in [0.5, 0.6) is 5.75 Å². The van der Waals surface area contributed by atoms with Crippen LogP contribution >= 0.6 is 0 Å². The van der Waals surface area contributed by atoms with Gasteiger partial charge in [0.05, 0.1) is 34.3 Å². The Balaban J connectivity index is 1.03. The standard InChI is InChI=1S/C28H42NO4/c1-29(2,3)13-4-14-30-26-7-5-22(6-8-26)23-9-11-27(12-10-23)31-28(33-32-27)24-16-20-15-21(18-24)19-25(28)17-20/h5-8,20-21,23-25H,4,9-19H2,1-3H3/q+1. The van der Waals surface area contributed by atoms with Gasteiger partial charge in [0.25, 0.3) is 0 Å². The Hall–Kier alpha value is -1.14. The molecule has 1 heterocycles. The molecular formula is C28H42NO4+. The largest absolute Gasteiger partial charge is 0.493 e. The summed E-state index contributed by atoms with van der Waals surface area (Å²) in [5.74, 6) is 3.48. The molecule has 6 aliphatic rings. The molecule has 0 atom stereocenters. The molecule has 1 aromatic carbocycles. The molecule has 1 aliphatic heterocycles. The summed E-state index contributed by atoms with van der Waals surface area (Å²) in [4.78, 5) is 12.3. The van der Waals surface area contributed by atoms with Gasteiger partial charge in [-0.25, -0.2) is 0 Å². The fraction of sp³-hybridized carbons (Fsp3) is 0.786. The van der Waals surface area contributed by atoms with Crippen LogP contribution in [0.1, 0.15) is 75.7 Å². The van der Waals surface area contributed by atoms with E-state index in [1.54, 1.807) is 0 Å². The van der Waals surface area contributed by atoms with Crippen molar-refractivity contribution in [3.8, 4) is 5.75 Å². The lowest BCUT2D eigenvalue weighted by Gasteiger charge is -2.57. The van der Waals surface area contributed by atoms with Gasteiger partial charge in [-0.15, -0.1) is 0 Å². The zero-order chi connectivity index (χ0) is 22.7. The molecular weight excluding hydrogens is 414 g/mol. The first-order valence-electron chi connectivity index (χ1n) is 13.4. The fourth-order valence-corrected chi connectivity index (χ4v) is 7.75. The van der Waals surface area contributed by atoms with Gasteiger partial charge >= 0.3 is 0 Å². The molecule has 5 saturated carbocycles. The van der Waals surface area contributed by atoms with E-state index in [4.69, 9.17) is 19.2 Å². The highest BCUT2D eigenvalue weighted by Crippen LogP contribution is 2.64. The van der Waals surface area contributed by atoms with Gasteiger partial charge in [-0.2, -0.15) is 9.78 Å². The minimum Gasteiger partial charge on any atom is -0.493 e. The monoisotopic (exact) mass is 456 g/mol. The van der Waals surface area contributed by atoms with Crippen LogP contribution in [0, 0.1) is 23.7 Å². The minimum absolute atomic E-state index is 0.439. The first kappa shape index (κ1) is 22.3. The normalized spacial score (nSPS) is 41.8. The molecule has 0 radical (unpaired) electrons. The molecule has 1 aromatic rings. The molecule has 5 aliphatic carbocycles. The quantitative estimate of drug-likeness (QED) is 0.315. The summed E-state index contributed by atoms with van der Waals surface area (Å²) in [7, 11) is 6.67. The molecule has 0 unspecified atom stereocenters. The summed E-state index contributed by atoms with van der Waals surface area (Å²) in [5, 5.41) is 0. The van der Waals surface area contributed by atoms with Crippen molar-refractivity contribution in [3.63, 3.8) is 0 Å². The first-order valence-corrected chi connectivity index (χ1v) is 13.4. The van der Waals surface area contributed by atoms with Crippen LogP contribution in [-0.4, -0.2) is 50.4 Å². The van der Waals surface area contributed by atoms with E-state index in [0.29, 0.717) is 17.8 Å². The lowest BCUT2D eigenvalue weighted by Crippen LogP contribution is -2.59. The Bertz CT molecular complexity index is 808. The van der Waals surface area contributed by atoms with Gasteiger partial charge in [0.15, 0.2) is 0 Å². The van der Waals surface area contributed by atoms with Crippen molar-refractivity contribution in [2.75, 3.05) is 34.3 Å². The highest BCUT2D eigenvalue weighted by Gasteiger charge is 2.66. The van der Waals surface area contributed by atoms with E-state index in [1.807, 2.05) is 0 Å². The van der Waals surface area contributed by atoms with E-state index < -0.39 is 11.6 Å². The highest BCUT2D eigenvalue weighted by atomic mass is 17.3. The third-order valence-electron chi connectivity index (χ3n) is 9.29. The first-order chi connectivity index (χ1) is 15.8. The van der Waals surface area contributed by atoms with Crippen molar-refractivity contribution < 1.29 is 23.7 Å². The van der Waals surface area contributed by atoms with Crippen molar-refractivity contribution in [2.24, 2.45) is 23.7 Å². The molecule has 0 amide bonds. The maximum absolute atomic E-state index is 6.87. The van der Waals surface area contributed by atoms with Gasteiger partial charge in [0, 0.05) is 31.1 Å². The summed E-state index contributed by atoms with van der Waals surface area (Å²) < 4.78 is 13.8. The zero-order valence-electron chi connectivity index (χ0n) is 20.8. The van der Waals surface area contributed by atoms with Crippen LogP contribution in [-0.2, 0) is 14.5 Å². The van der Waals surface area contributed by atoms with Gasteiger partial charge in [-0.3, -0.25) is 0 Å². The topological polar surface area (TPSA) is 36.9 Å². The number of nitrogens with zero attached hydrogens (tertiary/aromatic N) is 1. The van der Waals surface area contributed by atoms with Gasteiger partial charge in [-0.1, -0.05) is 12.1 Å². The SMILES string of the molecule is C[N+](C)(C)CCCOc1ccc(C2CCC3(CC2)OOC2(O3)C3CC4CC(C3)CC2C4)cc1. The lowest BCUT2D eigenvalue weighted by atomic mass is 9.53. The van der Waals surface area contributed by atoms with Gasteiger partial charge < -0.3 is 14.0 Å². The molecule has 5 nitrogen and oxygen atoms in total. The molecule has 1 saturated heterocycles. The molecule has 0 N–H and O–H groups in total. The van der Waals surface area contributed by atoms with Crippen LogP contribution in [0.15, 0.2) is 24.3 Å². The summed E-state index contributed by atoms with van der Waals surface area (Å²) in [5.41, 5.74) is 1.41. The van der Waals surface area contributed by atoms with Crippen LogP contribution in [0.4, 0.5) is 0 Å². The van der Waals surface area contributed by atoms with Crippen LogP contribution in [0.3, 0.4) is 0 Å². The zero-order valence-corrected chi connectivity index (χ0v) is 20.8. The van der Waals surface area contributed by atoms with Crippen molar-refractivity contribution >= 4 is 0 Å². The predicted molar refractivity (Wildman–Crippen MR) is 126 cm³/mol. The number of ether oxygens (including phenoxy) is 2. The van der Waals surface area contributed by atoms with E-state index in [-0.39, 0.29) is 0 Å². The molecule has 0 aromatic heterocycles. The highest BCUT2D eigenvalue weighted by molar-refractivity contribution is 5.30. The Kier molecular flexibility index (Phi) is 5.56. The summed E-state index contributed by atoms with van der Waals surface area (Å²) in [6.07, 6.45) is 11.6. The number of rotatable bonds is 6. The van der Waals surface area contributed by atoms with E-state index >= 15 is 0 Å². The van der Waals surface area contributed by atoms with Crippen molar-refractivity contribution in [1.29, 1.82) is 0 Å². The molecule has 2 spiro atoms. The summed E-state index contributed by atoms with van der Waals surface area (Å²) in [6.45, 7) is 1.90. The predicted octanol–water partition coefficient (Wildman–Crippen LogP) is 5.65. The molecule has 6 fully saturated rings. The third kappa shape index (κ3) is 4.24. The molecule has 7 rings (SSSR count). The number of hydrogen-bond donors (Lipinski definition) is 0. The Labute approximate surface area is 199 Å². The number of hydrogen-bond acceptors (Lipinski definition) is 4. The number of quaternary nitrogens is 1. The second-order valence-electron chi connectivity index (χ2n) is 12.8. The van der Waals surface area contributed by atoms with Crippen molar-refractivity contribution in [3.05, 3.63) is 29.8 Å². The Morgan fingerprint density at radius 2 is 1.52 bits per heavy atom. The lowest BCUT2D eigenvalue weighted by molar-refractivity contribution is -0.870. The second-order valence-corrected chi connectivity index (χ2v) is 12.8. The smallest absolute Gasteiger partial charge is 0.210 e. The van der Waals surface area contributed by atoms with Gasteiger partial charge in [-0.05, 0) is 80.4 Å². The Morgan fingerprint density at radius 1 is 0.879 bits per heavy atom. The molecule has 33 heavy (non-hydrogen) atoms. The van der Waals surface area contributed by atoms with E-state index in [9.17, 15) is 0 Å². The van der Waals surface area contributed by atoms with Crippen LogP contribution < -0.4 is 4.74 Å². The van der Waals surface area contributed by atoms with Gasteiger partial charge in [0.1, 0.15) is 5.75 Å². The van der Waals surface area contributed by atoms with Crippen molar-refractivity contribution in [2.45, 2.75) is 81.7 Å². The minimum atomic E-state index is -0.513. The van der Waals surface area contributed by atoms with Gasteiger partial charge in [0.2, 0.25) is 11.6 Å².